The van der Waals surface area contributed by atoms with Crippen LogP contribution < -0.4 is 0 Å². The summed E-state index contributed by atoms with van der Waals surface area (Å²) in [6.45, 7) is 0. The van der Waals surface area contributed by atoms with Gasteiger partial charge in [-0.1, -0.05) is 18.2 Å². The van der Waals surface area contributed by atoms with Crippen LogP contribution in [0, 0.1) is 0 Å². The Labute approximate surface area is 101 Å². The van der Waals surface area contributed by atoms with Gasteiger partial charge in [-0.2, -0.15) is 0 Å². The third-order valence-corrected chi connectivity index (χ3v) is 3.86. The van der Waals surface area contributed by atoms with Crippen molar-refractivity contribution >= 4 is 34.2 Å². The lowest BCUT2D eigenvalue weighted by Gasteiger charge is -2.01. The number of hydrogen-bond acceptors (Lipinski definition) is 3. The molecule has 0 bridgehead atoms. The first-order valence-corrected chi connectivity index (χ1v) is 6.53. The van der Waals surface area contributed by atoms with Gasteiger partial charge in [0, 0.05) is 15.3 Å². The molecule has 16 heavy (non-hydrogen) atoms. The summed E-state index contributed by atoms with van der Waals surface area (Å²) in [6, 6.07) is 7.97. The van der Waals surface area contributed by atoms with Gasteiger partial charge in [0.2, 0.25) is 0 Å². The van der Waals surface area contributed by atoms with Gasteiger partial charge in [0.05, 0.1) is 6.42 Å². The molecule has 2 rings (SSSR count). The van der Waals surface area contributed by atoms with E-state index in [0.717, 1.165) is 15.3 Å². The second-order valence-electron chi connectivity index (χ2n) is 3.17. The first kappa shape index (κ1) is 11.1. The smallest absolute Gasteiger partial charge is 0.307 e. The minimum absolute atomic E-state index is 0.0606. The van der Waals surface area contributed by atoms with Crippen LogP contribution in [-0.2, 0) is 4.79 Å². The van der Waals surface area contributed by atoms with E-state index in [4.69, 9.17) is 5.11 Å². The standard InChI is InChI=1S/C12H10O2S2/c13-12(14)6-5-9(10-3-1-7-15-10)11-4-2-8-16-11/h1-5,7-8H,6H2,(H,13,14). The first-order valence-electron chi connectivity index (χ1n) is 4.77. The van der Waals surface area contributed by atoms with E-state index < -0.39 is 5.97 Å². The fourth-order valence-electron chi connectivity index (χ4n) is 1.38. The van der Waals surface area contributed by atoms with Crippen molar-refractivity contribution in [2.45, 2.75) is 6.42 Å². The number of hydrogen-bond donors (Lipinski definition) is 1. The third-order valence-electron chi connectivity index (χ3n) is 2.05. The second kappa shape index (κ2) is 5.09. The van der Waals surface area contributed by atoms with Crippen molar-refractivity contribution in [1.29, 1.82) is 0 Å². The van der Waals surface area contributed by atoms with Crippen LogP contribution in [0.3, 0.4) is 0 Å². The summed E-state index contributed by atoms with van der Waals surface area (Å²) in [5, 5.41) is 12.7. The van der Waals surface area contributed by atoms with E-state index in [2.05, 4.69) is 0 Å². The van der Waals surface area contributed by atoms with Crippen LogP contribution in [0.1, 0.15) is 16.2 Å². The Kier molecular flexibility index (Phi) is 3.54. The number of aliphatic carboxylic acids is 1. The number of rotatable bonds is 4. The van der Waals surface area contributed by atoms with Crippen molar-refractivity contribution in [3.63, 3.8) is 0 Å². The molecule has 0 amide bonds. The Morgan fingerprint density at radius 1 is 1.19 bits per heavy atom. The summed E-state index contributed by atoms with van der Waals surface area (Å²) in [5.41, 5.74) is 1.02. The van der Waals surface area contributed by atoms with Crippen LogP contribution in [0.4, 0.5) is 0 Å². The number of thiophene rings is 2. The van der Waals surface area contributed by atoms with Crippen LogP contribution in [0.15, 0.2) is 41.1 Å². The van der Waals surface area contributed by atoms with Crippen LogP contribution in [0.5, 0.6) is 0 Å². The number of carboxylic acids is 1. The van der Waals surface area contributed by atoms with Crippen molar-refractivity contribution in [3.8, 4) is 0 Å². The first-order chi connectivity index (χ1) is 7.77. The van der Waals surface area contributed by atoms with Gasteiger partial charge in [0.15, 0.2) is 0 Å². The summed E-state index contributed by atoms with van der Waals surface area (Å²) in [6.07, 6.45) is 1.84. The molecule has 1 N–H and O–H groups in total. The lowest BCUT2D eigenvalue weighted by molar-refractivity contribution is -0.135. The molecule has 0 aromatic carbocycles. The van der Waals surface area contributed by atoms with Crippen molar-refractivity contribution in [2.75, 3.05) is 0 Å². The van der Waals surface area contributed by atoms with E-state index in [1.54, 1.807) is 28.7 Å². The molecular weight excluding hydrogens is 240 g/mol. The van der Waals surface area contributed by atoms with Crippen molar-refractivity contribution in [1.82, 2.24) is 0 Å². The molecule has 82 valence electrons. The monoisotopic (exact) mass is 250 g/mol. The Balaban J connectivity index is 2.34. The Morgan fingerprint density at radius 3 is 2.12 bits per heavy atom. The number of carboxylic acid groups (broad SMARTS) is 1. The SMILES string of the molecule is O=C(O)CC=C(c1cccs1)c1cccs1. The molecule has 2 aromatic rings. The van der Waals surface area contributed by atoms with E-state index in [1.165, 1.54) is 0 Å². The van der Waals surface area contributed by atoms with E-state index in [1.807, 2.05) is 35.0 Å². The van der Waals surface area contributed by atoms with Crippen LogP contribution in [0.2, 0.25) is 0 Å². The zero-order chi connectivity index (χ0) is 11.4. The highest BCUT2D eigenvalue weighted by atomic mass is 32.1. The van der Waals surface area contributed by atoms with Crippen molar-refractivity contribution in [2.24, 2.45) is 0 Å². The van der Waals surface area contributed by atoms with E-state index in [-0.39, 0.29) is 6.42 Å². The minimum atomic E-state index is -0.800. The lowest BCUT2D eigenvalue weighted by atomic mass is 10.1. The normalized spacial score (nSPS) is 10.0. The predicted octanol–water partition coefficient (Wildman–Crippen LogP) is 3.72. The zero-order valence-electron chi connectivity index (χ0n) is 8.42. The van der Waals surface area contributed by atoms with Crippen molar-refractivity contribution < 1.29 is 9.90 Å². The third kappa shape index (κ3) is 2.59. The molecule has 2 aromatic heterocycles. The average molecular weight is 250 g/mol. The minimum Gasteiger partial charge on any atom is -0.481 e. The Hall–Kier alpha value is -1.39. The maximum absolute atomic E-state index is 10.6. The van der Waals surface area contributed by atoms with Gasteiger partial charge in [0.25, 0.3) is 0 Å². The molecule has 0 aliphatic rings. The highest BCUT2D eigenvalue weighted by Crippen LogP contribution is 2.30. The molecule has 2 nitrogen and oxygen atoms in total. The number of carbonyl (C=O) groups is 1. The van der Waals surface area contributed by atoms with Gasteiger partial charge >= 0.3 is 5.97 Å². The highest BCUT2D eigenvalue weighted by Gasteiger charge is 2.07. The van der Waals surface area contributed by atoms with E-state index >= 15 is 0 Å². The Bertz CT molecular complexity index is 445. The van der Waals surface area contributed by atoms with Gasteiger partial charge in [0.1, 0.15) is 0 Å². The maximum atomic E-state index is 10.6. The summed E-state index contributed by atoms with van der Waals surface area (Å²) in [5.74, 6) is -0.800. The fourth-order valence-corrected chi connectivity index (χ4v) is 3.00. The summed E-state index contributed by atoms with van der Waals surface area (Å²) in [4.78, 5) is 12.8. The average Bonchev–Trinajstić information content (AvgIpc) is 2.88. The Morgan fingerprint density at radius 2 is 1.75 bits per heavy atom. The highest BCUT2D eigenvalue weighted by molar-refractivity contribution is 7.13. The predicted molar refractivity (Wildman–Crippen MR) is 68.0 cm³/mol. The van der Waals surface area contributed by atoms with E-state index in [9.17, 15) is 4.79 Å². The molecule has 0 atom stereocenters. The van der Waals surface area contributed by atoms with Crippen LogP contribution in [-0.4, -0.2) is 11.1 Å². The molecule has 4 heteroatoms. The molecule has 0 unspecified atom stereocenters. The van der Waals surface area contributed by atoms with Gasteiger partial charge in [-0.05, 0) is 22.9 Å². The summed E-state index contributed by atoms with van der Waals surface area (Å²) < 4.78 is 0. The molecule has 0 radical (unpaired) electrons. The van der Waals surface area contributed by atoms with Gasteiger partial charge < -0.3 is 5.11 Å². The van der Waals surface area contributed by atoms with E-state index in [0.29, 0.717) is 0 Å². The van der Waals surface area contributed by atoms with Gasteiger partial charge in [-0.25, -0.2) is 0 Å². The topological polar surface area (TPSA) is 37.3 Å². The van der Waals surface area contributed by atoms with Gasteiger partial charge in [-0.15, -0.1) is 22.7 Å². The summed E-state index contributed by atoms with van der Waals surface area (Å²) >= 11 is 3.25. The molecule has 2 heterocycles. The quantitative estimate of drug-likeness (QED) is 0.898. The van der Waals surface area contributed by atoms with Gasteiger partial charge in [-0.3, -0.25) is 4.79 Å². The molecule has 0 spiro atoms. The van der Waals surface area contributed by atoms with Crippen molar-refractivity contribution in [3.05, 3.63) is 50.9 Å². The molecule has 0 fully saturated rings. The van der Waals surface area contributed by atoms with Crippen LogP contribution >= 0.6 is 22.7 Å². The maximum Gasteiger partial charge on any atom is 0.307 e. The fraction of sp³-hybridized carbons (Fsp3) is 0.0833. The molecule has 0 saturated heterocycles. The lowest BCUT2D eigenvalue weighted by Crippen LogP contribution is -1.92. The largest absolute Gasteiger partial charge is 0.481 e. The second-order valence-corrected chi connectivity index (χ2v) is 5.07. The molecular formula is C12H10O2S2. The zero-order valence-corrected chi connectivity index (χ0v) is 10.1. The summed E-state index contributed by atoms with van der Waals surface area (Å²) in [7, 11) is 0. The molecule has 0 saturated carbocycles. The molecule has 0 aliphatic heterocycles. The molecule has 0 aliphatic carbocycles. The van der Waals surface area contributed by atoms with Crippen LogP contribution in [0.25, 0.3) is 5.57 Å².